The molecule has 3 aromatic rings. The lowest BCUT2D eigenvalue weighted by Crippen LogP contribution is -2.25. The van der Waals surface area contributed by atoms with Crippen molar-refractivity contribution in [3.63, 3.8) is 0 Å². The standard InChI is InChI=1S/C24H24N2O2S2/c27-21(16-29-18-11-5-2-6-12-18)26-24-22(19-13-7-8-14-20(19)30-24)23(28)25-15-17-9-3-1-4-10-17/h1-6,9-12H,7-8,13-16H2,(H,25,28)(H,26,27). The number of carbonyl (C=O) groups is 2. The first-order chi connectivity index (χ1) is 14.7. The Morgan fingerprint density at radius 2 is 1.63 bits per heavy atom. The minimum atomic E-state index is -0.107. The van der Waals surface area contributed by atoms with E-state index in [2.05, 4.69) is 10.6 Å². The van der Waals surface area contributed by atoms with E-state index in [0.717, 1.165) is 41.7 Å². The Bertz CT molecular complexity index is 1020. The normalized spacial score (nSPS) is 12.8. The Morgan fingerprint density at radius 3 is 2.40 bits per heavy atom. The van der Waals surface area contributed by atoms with Gasteiger partial charge in [0.25, 0.3) is 5.91 Å². The zero-order valence-electron chi connectivity index (χ0n) is 16.6. The Kier molecular flexibility index (Phi) is 6.87. The van der Waals surface area contributed by atoms with Gasteiger partial charge < -0.3 is 10.6 Å². The van der Waals surface area contributed by atoms with Gasteiger partial charge in [-0.25, -0.2) is 0 Å². The first-order valence-electron chi connectivity index (χ1n) is 10.1. The number of thioether (sulfide) groups is 1. The molecule has 4 nitrogen and oxygen atoms in total. The lowest BCUT2D eigenvalue weighted by Gasteiger charge is -2.13. The van der Waals surface area contributed by atoms with Crippen LogP contribution in [0.25, 0.3) is 0 Å². The first-order valence-corrected chi connectivity index (χ1v) is 12.0. The fourth-order valence-electron chi connectivity index (χ4n) is 3.59. The molecule has 4 rings (SSSR count). The maximum atomic E-state index is 13.1. The van der Waals surface area contributed by atoms with E-state index in [0.29, 0.717) is 22.9 Å². The SMILES string of the molecule is O=C(CSc1ccccc1)Nc1sc2c(c1C(=O)NCc1ccccc1)CCCC2. The average molecular weight is 437 g/mol. The van der Waals surface area contributed by atoms with E-state index in [1.54, 1.807) is 11.3 Å². The Hall–Kier alpha value is -2.57. The van der Waals surface area contributed by atoms with Gasteiger partial charge in [-0.15, -0.1) is 23.1 Å². The summed E-state index contributed by atoms with van der Waals surface area (Å²) in [7, 11) is 0. The molecule has 1 heterocycles. The molecule has 0 atom stereocenters. The molecule has 2 N–H and O–H groups in total. The third-order valence-electron chi connectivity index (χ3n) is 5.06. The van der Waals surface area contributed by atoms with Crippen LogP contribution in [-0.2, 0) is 24.2 Å². The van der Waals surface area contributed by atoms with Crippen molar-refractivity contribution in [2.75, 3.05) is 11.1 Å². The maximum Gasteiger partial charge on any atom is 0.254 e. The molecule has 0 aliphatic heterocycles. The zero-order valence-corrected chi connectivity index (χ0v) is 18.3. The van der Waals surface area contributed by atoms with Crippen molar-refractivity contribution in [2.24, 2.45) is 0 Å². The van der Waals surface area contributed by atoms with Crippen molar-refractivity contribution in [1.82, 2.24) is 5.32 Å². The molecule has 1 aliphatic carbocycles. The summed E-state index contributed by atoms with van der Waals surface area (Å²) in [6.45, 7) is 0.474. The number of thiophene rings is 1. The van der Waals surface area contributed by atoms with E-state index in [9.17, 15) is 9.59 Å². The molecule has 0 radical (unpaired) electrons. The number of anilines is 1. The third kappa shape index (κ3) is 5.12. The molecule has 154 valence electrons. The number of fused-ring (bicyclic) bond motifs is 1. The summed E-state index contributed by atoms with van der Waals surface area (Å²) >= 11 is 3.06. The molecule has 30 heavy (non-hydrogen) atoms. The number of aryl methyl sites for hydroxylation is 1. The molecule has 2 amide bonds. The molecule has 0 unspecified atom stereocenters. The van der Waals surface area contributed by atoms with Crippen LogP contribution in [0.15, 0.2) is 65.6 Å². The number of rotatable bonds is 7. The highest BCUT2D eigenvalue weighted by Crippen LogP contribution is 2.38. The van der Waals surface area contributed by atoms with Gasteiger partial charge in [-0.1, -0.05) is 48.5 Å². The van der Waals surface area contributed by atoms with Crippen LogP contribution in [0.5, 0.6) is 0 Å². The van der Waals surface area contributed by atoms with Crippen molar-refractivity contribution in [3.05, 3.63) is 82.2 Å². The van der Waals surface area contributed by atoms with Crippen molar-refractivity contribution in [2.45, 2.75) is 37.1 Å². The monoisotopic (exact) mass is 436 g/mol. The molecule has 2 aromatic carbocycles. The molecule has 0 saturated heterocycles. The number of hydrogen-bond donors (Lipinski definition) is 2. The summed E-state index contributed by atoms with van der Waals surface area (Å²) in [6, 6.07) is 19.7. The first kappa shape index (κ1) is 20.7. The van der Waals surface area contributed by atoms with E-state index < -0.39 is 0 Å². The zero-order chi connectivity index (χ0) is 20.8. The van der Waals surface area contributed by atoms with Crippen LogP contribution in [0, 0.1) is 0 Å². The fourth-order valence-corrected chi connectivity index (χ4v) is 5.61. The molecule has 6 heteroatoms. The number of nitrogens with one attached hydrogen (secondary N) is 2. The van der Waals surface area contributed by atoms with E-state index in [-0.39, 0.29) is 11.8 Å². The molecule has 1 aromatic heterocycles. The lowest BCUT2D eigenvalue weighted by atomic mass is 9.95. The van der Waals surface area contributed by atoms with Gasteiger partial charge in [-0.2, -0.15) is 0 Å². The fraction of sp³-hybridized carbons (Fsp3) is 0.250. The van der Waals surface area contributed by atoms with Gasteiger partial charge in [-0.05, 0) is 48.9 Å². The van der Waals surface area contributed by atoms with Gasteiger partial charge in [-0.3, -0.25) is 9.59 Å². The lowest BCUT2D eigenvalue weighted by molar-refractivity contribution is -0.113. The number of hydrogen-bond acceptors (Lipinski definition) is 4. The average Bonchev–Trinajstić information content (AvgIpc) is 3.15. The number of carbonyl (C=O) groups excluding carboxylic acids is 2. The Labute approximate surface area is 185 Å². The molecule has 0 saturated carbocycles. The Balaban J connectivity index is 1.47. The Morgan fingerprint density at radius 1 is 0.933 bits per heavy atom. The van der Waals surface area contributed by atoms with Crippen LogP contribution in [0.4, 0.5) is 5.00 Å². The van der Waals surface area contributed by atoms with E-state index in [1.165, 1.54) is 16.6 Å². The van der Waals surface area contributed by atoms with Crippen LogP contribution >= 0.6 is 23.1 Å². The van der Waals surface area contributed by atoms with Gasteiger partial charge in [0.2, 0.25) is 5.91 Å². The van der Waals surface area contributed by atoms with Crippen LogP contribution in [0.1, 0.15) is 39.2 Å². The number of benzene rings is 2. The minimum Gasteiger partial charge on any atom is -0.348 e. The second-order valence-electron chi connectivity index (χ2n) is 7.23. The van der Waals surface area contributed by atoms with E-state index in [4.69, 9.17) is 0 Å². The van der Waals surface area contributed by atoms with Crippen molar-refractivity contribution < 1.29 is 9.59 Å². The molecule has 0 fully saturated rings. The predicted molar refractivity (Wildman–Crippen MR) is 124 cm³/mol. The molecule has 0 spiro atoms. The van der Waals surface area contributed by atoms with Crippen molar-refractivity contribution in [1.29, 1.82) is 0 Å². The summed E-state index contributed by atoms with van der Waals surface area (Å²) in [4.78, 5) is 28.0. The second-order valence-corrected chi connectivity index (χ2v) is 9.39. The minimum absolute atomic E-state index is 0.0837. The highest BCUT2D eigenvalue weighted by atomic mass is 32.2. The molecular weight excluding hydrogens is 412 g/mol. The quantitative estimate of drug-likeness (QED) is 0.495. The largest absolute Gasteiger partial charge is 0.348 e. The second kappa shape index (κ2) is 9.96. The van der Waals surface area contributed by atoms with Crippen LogP contribution < -0.4 is 10.6 Å². The van der Waals surface area contributed by atoms with Gasteiger partial charge in [0, 0.05) is 16.3 Å². The van der Waals surface area contributed by atoms with Gasteiger partial charge in [0.1, 0.15) is 5.00 Å². The smallest absolute Gasteiger partial charge is 0.254 e. The maximum absolute atomic E-state index is 13.1. The highest BCUT2D eigenvalue weighted by Gasteiger charge is 2.26. The summed E-state index contributed by atoms with van der Waals surface area (Å²) in [5, 5.41) is 6.74. The topological polar surface area (TPSA) is 58.2 Å². The third-order valence-corrected chi connectivity index (χ3v) is 7.28. The van der Waals surface area contributed by atoms with Crippen LogP contribution in [0.3, 0.4) is 0 Å². The summed E-state index contributed by atoms with van der Waals surface area (Å²) in [5.74, 6) is 0.126. The van der Waals surface area contributed by atoms with E-state index >= 15 is 0 Å². The summed E-state index contributed by atoms with van der Waals surface area (Å²) in [6.07, 6.45) is 4.10. The van der Waals surface area contributed by atoms with Gasteiger partial charge >= 0.3 is 0 Å². The molecular formula is C24H24N2O2S2. The summed E-state index contributed by atoms with van der Waals surface area (Å²) in [5.41, 5.74) is 2.83. The predicted octanol–water partition coefficient (Wildman–Crippen LogP) is 5.29. The van der Waals surface area contributed by atoms with E-state index in [1.807, 2.05) is 60.7 Å². The van der Waals surface area contributed by atoms with Crippen molar-refractivity contribution >= 4 is 39.9 Å². The molecule has 1 aliphatic rings. The van der Waals surface area contributed by atoms with Gasteiger partial charge in [0.05, 0.1) is 11.3 Å². The van der Waals surface area contributed by atoms with Crippen molar-refractivity contribution in [3.8, 4) is 0 Å². The highest BCUT2D eigenvalue weighted by molar-refractivity contribution is 8.00. The van der Waals surface area contributed by atoms with Crippen LogP contribution in [-0.4, -0.2) is 17.6 Å². The molecule has 0 bridgehead atoms. The number of amides is 2. The van der Waals surface area contributed by atoms with Crippen LogP contribution in [0.2, 0.25) is 0 Å². The van der Waals surface area contributed by atoms with Gasteiger partial charge in [0.15, 0.2) is 0 Å². The summed E-state index contributed by atoms with van der Waals surface area (Å²) < 4.78 is 0.